The summed E-state index contributed by atoms with van der Waals surface area (Å²) in [5.74, 6) is -0.0591. The van der Waals surface area contributed by atoms with Gasteiger partial charge in [0, 0.05) is 19.3 Å². The van der Waals surface area contributed by atoms with Gasteiger partial charge in [0.05, 0.1) is 0 Å². The van der Waals surface area contributed by atoms with Crippen LogP contribution in [0.25, 0.3) is 0 Å². The lowest BCUT2D eigenvalue weighted by Gasteiger charge is -2.18. The van der Waals surface area contributed by atoms with E-state index in [1.165, 1.54) is 148 Å². The number of rotatable bonds is 42. The Balaban J connectivity index is 4.14. The minimum Gasteiger partial charge on any atom is -0.462 e. The van der Waals surface area contributed by atoms with Crippen LogP contribution in [0.1, 0.15) is 259 Å². The monoisotopic (exact) mass is 751 g/mol. The van der Waals surface area contributed by atoms with Gasteiger partial charge >= 0.3 is 17.9 Å². The van der Waals surface area contributed by atoms with Gasteiger partial charge in [-0.25, -0.2) is 0 Å². The van der Waals surface area contributed by atoms with Crippen LogP contribution in [0.5, 0.6) is 0 Å². The number of carbonyl (C=O) groups is 3. The first-order valence-electron chi connectivity index (χ1n) is 23.4. The first-order valence-corrected chi connectivity index (χ1v) is 23.4. The average Bonchev–Trinajstić information content (AvgIpc) is 3.14. The van der Waals surface area contributed by atoms with Crippen molar-refractivity contribution in [2.75, 3.05) is 13.2 Å². The maximum atomic E-state index is 12.7. The summed E-state index contributed by atoms with van der Waals surface area (Å²) >= 11 is 0. The van der Waals surface area contributed by atoms with Crippen molar-refractivity contribution in [3.05, 3.63) is 0 Å². The molecule has 0 rings (SSSR count). The third-order valence-electron chi connectivity index (χ3n) is 10.5. The van der Waals surface area contributed by atoms with Crippen molar-refractivity contribution in [2.45, 2.75) is 265 Å². The molecule has 0 aliphatic rings. The molecule has 0 heterocycles. The topological polar surface area (TPSA) is 78.9 Å². The molecule has 0 saturated carbocycles. The highest BCUT2D eigenvalue weighted by atomic mass is 16.6. The summed E-state index contributed by atoms with van der Waals surface area (Å²) in [7, 11) is 0. The van der Waals surface area contributed by atoms with Crippen LogP contribution in [0.2, 0.25) is 0 Å². The van der Waals surface area contributed by atoms with Gasteiger partial charge in [0.1, 0.15) is 13.2 Å². The summed E-state index contributed by atoms with van der Waals surface area (Å²) in [6, 6.07) is 0. The molecule has 0 aliphatic heterocycles. The molecular formula is C47H90O6. The first-order chi connectivity index (χ1) is 25.9. The number of hydrogen-bond acceptors (Lipinski definition) is 6. The number of unbranched alkanes of at least 4 members (excludes halogenated alkanes) is 29. The van der Waals surface area contributed by atoms with Gasteiger partial charge in [-0.15, -0.1) is 0 Å². The fourth-order valence-electron chi connectivity index (χ4n) is 6.98. The molecule has 0 amide bonds. The van der Waals surface area contributed by atoms with Crippen LogP contribution >= 0.6 is 0 Å². The lowest BCUT2D eigenvalue weighted by molar-refractivity contribution is -0.167. The van der Waals surface area contributed by atoms with Gasteiger partial charge in [0.25, 0.3) is 0 Å². The van der Waals surface area contributed by atoms with Gasteiger partial charge in [0.15, 0.2) is 6.10 Å². The molecule has 1 atom stereocenters. The van der Waals surface area contributed by atoms with Crippen molar-refractivity contribution < 1.29 is 28.6 Å². The maximum absolute atomic E-state index is 12.7. The lowest BCUT2D eigenvalue weighted by atomic mass is 10.0. The van der Waals surface area contributed by atoms with Gasteiger partial charge < -0.3 is 14.2 Å². The largest absolute Gasteiger partial charge is 0.462 e. The molecule has 6 nitrogen and oxygen atoms in total. The van der Waals surface area contributed by atoms with E-state index >= 15 is 0 Å². The van der Waals surface area contributed by atoms with Crippen molar-refractivity contribution in [1.29, 1.82) is 0 Å². The minimum atomic E-state index is -0.758. The summed E-state index contributed by atoms with van der Waals surface area (Å²) in [5.41, 5.74) is 0. The number of carbonyl (C=O) groups excluding carboxylic acids is 3. The maximum Gasteiger partial charge on any atom is 0.306 e. The second kappa shape index (κ2) is 41.6. The highest BCUT2D eigenvalue weighted by Crippen LogP contribution is 2.16. The van der Waals surface area contributed by atoms with Crippen LogP contribution in [0.15, 0.2) is 0 Å². The summed E-state index contributed by atoms with van der Waals surface area (Å²) in [6.07, 6.45) is 41.2. The molecule has 0 radical (unpaired) electrons. The van der Waals surface area contributed by atoms with Crippen LogP contribution in [0.4, 0.5) is 0 Å². The molecule has 0 aromatic heterocycles. The molecule has 0 N–H and O–H groups in total. The van der Waals surface area contributed by atoms with E-state index in [1.54, 1.807) is 0 Å². The van der Waals surface area contributed by atoms with Gasteiger partial charge in [-0.2, -0.15) is 0 Å². The standard InChI is InChI=1S/C47H90O6/c1-5-7-9-11-12-13-14-15-16-17-18-19-20-21-24-28-32-36-40-47(50)53-44(41-51-45(48)38-34-29-10-8-6-2)42-52-46(49)39-35-31-27-25-22-23-26-30-33-37-43(3)4/h43-44H,5-42H2,1-4H3/t44-/m1/s1. The van der Waals surface area contributed by atoms with E-state index in [0.29, 0.717) is 19.3 Å². The first kappa shape index (κ1) is 51.4. The van der Waals surface area contributed by atoms with E-state index < -0.39 is 6.10 Å². The zero-order valence-corrected chi connectivity index (χ0v) is 36.0. The van der Waals surface area contributed by atoms with Gasteiger partial charge in [0.2, 0.25) is 0 Å². The molecule has 0 unspecified atom stereocenters. The van der Waals surface area contributed by atoms with Crippen LogP contribution in [0, 0.1) is 5.92 Å². The van der Waals surface area contributed by atoms with Crippen molar-refractivity contribution in [2.24, 2.45) is 5.92 Å². The molecule has 6 heteroatoms. The predicted molar refractivity (Wildman–Crippen MR) is 224 cm³/mol. The third kappa shape index (κ3) is 41.4. The van der Waals surface area contributed by atoms with E-state index in [4.69, 9.17) is 14.2 Å². The molecule has 0 saturated heterocycles. The molecule has 0 aromatic carbocycles. The molecule has 314 valence electrons. The Labute approximate surface area is 329 Å². The molecule has 0 spiro atoms. The highest BCUT2D eigenvalue weighted by Gasteiger charge is 2.19. The normalized spacial score (nSPS) is 11.9. The van der Waals surface area contributed by atoms with Gasteiger partial charge in [-0.3, -0.25) is 14.4 Å². The Hall–Kier alpha value is -1.59. The van der Waals surface area contributed by atoms with Crippen LogP contribution < -0.4 is 0 Å². The van der Waals surface area contributed by atoms with Crippen LogP contribution in [-0.2, 0) is 28.6 Å². The van der Waals surface area contributed by atoms with Crippen molar-refractivity contribution >= 4 is 17.9 Å². The highest BCUT2D eigenvalue weighted by molar-refractivity contribution is 5.71. The number of hydrogen-bond donors (Lipinski definition) is 0. The van der Waals surface area contributed by atoms with E-state index in [-0.39, 0.29) is 31.1 Å². The predicted octanol–water partition coefficient (Wildman–Crippen LogP) is 14.7. The Morgan fingerprint density at radius 1 is 0.358 bits per heavy atom. The summed E-state index contributed by atoms with van der Waals surface area (Å²) in [5, 5.41) is 0. The lowest BCUT2D eigenvalue weighted by Crippen LogP contribution is -2.30. The Bertz CT molecular complexity index is 796. The average molecular weight is 751 g/mol. The molecular weight excluding hydrogens is 661 g/mol. The molecule has 0 fully saturated rings. The molecule has 53 heavy (non-hydrogen) atoms. The van der Waals surface area contributed by atoms with E-state index in [2.05, 4.69) is 27.7 Å². The third-order valence-corrected chi connectivity index (χ3v) is 10.5. The van der Waals surface area contributed by atoms with Gasteiger partial charge in [-0.1, -0.05) is 220 Å². The summed E-state index contributed by atoms with van der Waals surface area (Å²) < 4.78 is 16.6. The fraction of sp³-hybridized carbons (Fsp3) is 0.936. The van der Waals surface area contributed by atoms with Crippen molar-refractivity contribution in [1.82, 2.24) is 0 Å². The van der Waals surface area contributed by atoms with Gasteiger partial charge in [-0.05, 0) is 25.2 Å². The summed E-state index contributed by atoms with van der Waals surface area (Å²) in [4.78, 5) is 37.5. The van der Waals surface area contributed by atoms with Crippen LogP contribution in [0.3, 0.4) is 0 Å². The zero-order valence-electron chi connectivity index (χ0n) is 36.0. The Kier molecular flexibility index (Phi) is 40.3. The molecule has 0 bridgehead atoms. The smallest absolute Gasteiger partial charge is 0.306 e. The SMILES string of the molecule is CCCCCCCCCCCCCCCCCCCCC(=O)O[C@H](COC(=O)CCCCCCC)COC(=O)CCCCCCCCCCCC(C)C. The van der Waals surface area contributed by atoms with Crippen LogP contribution in [-0.4, -0.2) is 37.2 Å². The summed E-state index contributed by atoms with van der Waals surface area (Å²) in [6.45, 7) is 8.90. The molecule has 0 aromatic rings. The Morgan fingerprint density at radius 2 is 0.623 bits per heavy atom. The minimum absolute atomic E-state index is 0.0652. The van der Waals surface area contributed by atoms with E-state index in [9.17, 15) is 14.4 Å². The van der Waals surface area contributed by atoms with E-state index in [1.807, 2.05) is 0 Å². The quantitative estimate of drug-likeness (QED) is 0.0351. The second-order valence-corrected chi connectivity index (χ2v) is 16.5. The molecule has 0 aliphatic carbocycles. The van der Waals surface area contributed by atoms with Crippen molar-refractivity contribution in [3.63, 3.8) is 0 Å². The van der Waals surface area contributed by atoms with Crippen molar-refractivity contribution in [3.8, 4) is 0 Å². The van der Waals surface area contributed by atoms with E-state index in [0.717, 1.165) is 70.1 Å². The number of esters is 3. The second-order valence-electron chi connectivity index (χ2n) is 16.5. The fourth-order valence-corrected chi connectivity index (χ4v) is 6.98. The Morgan fingerprint density at radius 3 is 0.925 bits per heavy atom. The number of ether oxygens (including phenoxy) is 3. The zero-order chi connectivity index (χ0) is 38.9.